The van der Waals surface area contributed by atoms with Crippen LogP contribution in [0.25, 0.3) is 0 Å². The maximum absolute atomic E-state index is 12.9. The van der Waals surface area contributed by atoms with E-state index in [1.54, 1.807) is 0 Å². The summed E-state index contributed by atoms with van der Waals surface area (Å²) in [6.07, 6.45) is 4.30. The third-order valence-electron chi connectivity index (χ3n) is 2.94. The Hall–Kier alpha value is -1.33. The maximum atomic E-state index is 12.9. The Kier molecular flexibility index (Phi) is 7.13. The molecule has 0 aliphatic carbocycles. The second kappa shape index (κ2) is 8.72. The summed E-state index contributed by atoms with van der Waals surface area (Å²) < 4.78 is 12.9. The number of nitrogens with one attached hydrogen (secondary N) is 1. The second-order valence-corrected chi connectivity index (χ2v) is 4.38. The first kappa shape index (κ1) is 14.7. The molecule has 1 rings (SSSR count). The molecule has 0 heterocycles. The second-order valence-electron chi connectivity index (χ2n) is 4.38. The van der Waals surface area contributed by atoms with Gasteiger partial charge in [-0.3, -0.25) is 0 Å². The fraction of sp³-hybridized carbons (Fsp3) is 0.500. The van der Waals surface area contributed by atoms with E-state index in [0.29, 0.717) is 6.04 Å². The van der Waals surface area contributed by atoms with Crippen molar-refractivity contribution in [3.8, 4) is 11.8 Å². The highest BCUT2D eigenvalue weighted by Gasteiger charge is 2.09. The molecule has 0 saturated heterocycles. The third kappa shape index (κ3) is 5.33. The molecule has 0 amide bonds. The molecule has 1 unspecified atom stereocenters. The molecule has 0 spiro atoms. The van der Waals surface area contributed by atoms with Gasteiger partial charge in [-0.25, -0.2) is 4.39 Å². The van der Waals surface area contributed by atoms with Gasteiger partial charge in [-0.1, -0.05) is 31.9 Å². The van der Waals surface area contributed by atoms with Crippen LogP contribution in [0.2, 0.25) is 0 Å². The largest absolute Gasteiger partial charge is 0.309 e. The fourth-order valence-electron chi connectivity index (χ4n) is 1.92. The van der Waals surface area contributed by atoms with Gasteiger partial charge in [0, 0.05) is 19.0 Å². The standard InChI is InChI=1S/C16H22FN/c1-3-5-7-13-18-16(8-6-4-2)14-9-11-15(17)12-10-14/h9-12,16,18H,4,6-8,13H2,1-2H3. The molecule has 0 aromatic heterocycles. The summed E-state index contributed by atoms with van der Waals surface area (Å²) in [7, 11) is 0. The van der Waals surface area contributed by atoms with E-state index in [-0.39, 0.29) is 5.82 Å². The first-order chi connectivity index (χ1) is 8.77. The molecule has 98 valence electrons. The highest BCUT2D eigenvalue weighted by molar-refractivity contribution is 5.20. The Bertz CT molecular complexity index is 386. The molecule has 1 nitrogen and oxygen atoms in total. The highest BCUT2D eigenvalue weighted by Crippen LogP contribution is 2.19. The van der Waals surface area contributed by atoms with Crippen molar-refractivity contribution in [2.24, 2.45) is 0 Å². The van der Waals surface area contributed by atoms with Crippen LogP contribution in [0.4, 0.5) is 4.39 Å². The van der Waals surface area contributed by atoms with Crippen molar-refractivity contribution >= 4 is 0 Å². The van der Waals surface area contributed by atoms with E-state index in [1.165, 1.54) is 25.0 Å². The molecule has 0 aliphatic heterocycles. The monoisotopic (exact) mass is 247 g/mol. The van der Waals surface area contributed by atoms with E-state index >= 15 is 0 Å². The summed E-state index contributed by atoms with van der Waals surface area (Å²) >= 11 is 0. The molecule has 1 atom stereocenters. The molecule has 0 aliphatic rings. The van der Waals surface area contributed by atoms with E-state index in [2.05, 4.69) is 24.1 Å². The molecular weight excluding hydrogens is 225 g/mol. The first-order valence-electron chi connectivity index (χ1n) is 6.66. The molecule has 18 heavy (non-hydrogen) atoms. The van der Waals surface area contributed by atoms with Crippen LogP contribution in [0.15, 0.2) is 24.3 Å². The lowest BCUT2D eigenvalue weighted by Gasteiger charge is -2.18. The predicted octanol–water partition coefficient (Wildman–Crippen LogP) is 4.06. The minimum Gasteiger partial charge on any atom is -0.309 e. The Morgan fingerprint density at radius 2 is 2.00 bits per heavy atom. The summed E-state index contributed by atoms with van der Waals surface area (Å²) in [5.41, 5.74) is 1.16. The van der Waals surface area contributed by atoms with Crippen molar-refractivity contribution in [1.29, 1.82) is 0 Å². The number of halogens is 1. The van der Waals surface area contributed by atoms with Crippen molar-refractivity contribution < 1.29 is 4.39 Å². The average Bonchev–Trinajstić information content (AvgIpc) is 2.39. The zero-order valence-corrected chi connectivity index (χ0v) is 11.3. The van der Waals surface area contributed by atoms with Gasteiger partial charge in [0.1, 0.15) is 5.82 Å². The molecule has 0 radical (unpaired) electrons. The Balaban J connectivity index is 2.58. The van der Waals surface area contributed by atoms with E-state index in [0.717, 1.165) is 24.9 Å². The Morgan fingerprint density at radius 1 is 1.28 bits per heavy atom. The average molecular weight is 247 g/mol. The lowest BCUT2D eigenvalue weighted by molar-refractivity contribution is 0.487. The molecule has 0 saturated carbocycles. The van der Waals surface area contributed by atoms with E-state index in [1.807, 2.05) is 19.1 Å². The summed E-state index contributed by atoms with van der Waals surface area (Å²) in [5, 5.41) is 3.50. The molecule has 0 fully saturated rings. The van der Waals surface area contributed by atoms with Gasteiger partial charge in [0.2, 0.25) is 0 Å². The maximum Gasteiger partial charge on any atom is 0.123 e. The van der Waals surface area contributed by atoms with Crippen LogP contribution < -0.4 is 5.32 Å². The van der Waals surface area contributed by atoms with Crippen LogP contribution in [0, 0.1) is 17.7 Å². The van der Waals surface area contributed by atoms with E-state index < -0.39 is 0 Å². The molecule has 2 heteroatoms. The quantitative estimate of drug-likeness (QED) is 0.566. The van der Waals surface area contributed by atoms with Crippen LogP contribution in [-0.2, 0) is 0 Å². The van der Waals surface area contributed by atoms with Gasteiger partial charge in [-0.05, 0) is 31.0 Å². The molecule has 1 N–H and O–H groups in total. The van der Waals surface area contributed by atoms with Crippen molar-refractivity contribution in [3.63, 3.8) is 0 Å². The third-order valence-corrected chi connectivity index (χ3v) is 2.94. The van der Waals surface area contributed by atoms with Gasteiger partial charge in [0.05, 0.1) is 0 Å². The van der Waals surface area contributed by atoms with E-state index in [9.17, 15) is 4.39 Å². The molecule has 1 aromatic rings. The van der Waals surface area contributed by atoms with Crippen LogP contribution in [0.1, 0.15) is 51.1 Å². The summed E-state index contributed by atoms with van der Waals surface area (Å²) in [6.45, 7) is 4.92. The van der Waals surface area contributed by atoms with Gasteiger partial charge < -0.3 is 5.32 Å². The normalized spacial score (nSPS) is 11.7. The SMILES string of the molecule is CC#CCCNC(CCCC)c1ccc(F)cc1. The number of hydrogen-bond acceptors (Lipinski definition) is 1. The first-order valence-corrected chi connectivity index (χ1v) is 6.66. The predicted molar refractivity (Wildman–Crippen MR) is 74.7 cm³/mol. The minimum absolute atomic E-state index is 0.176. The van der Waals surface area contributed by atoms with E-state index in [4.69, 9.17) is 0 Å². The highest BCUT2D eigenvalue weighted by atomic mass is 19.1. The number of unbranched alkanes of at least 4 members (excludes halogenated alkanes) is 1. The minimum atomic E-state index is -0.176. The number of benzene rings is 1. The van der Waals surface area contributed by atoms with Crippen LogP contribution in [-0.4, -0.2) is 6.54 Å². The Labute approximate surface area is 110 Å². The van der Waals surface area contributed by atoms with Gasteiger partial charge in [0.15, 0.2) is 0 Å². The number of rotatable bonds is 7. The van der Waals surface area contributed by atoms with Crippen LogP contribution in [0.3, 0.4) is 0 Å². The van der Waals surface area contributed by atoms with Gasteiger partial charge in [-0.2, -0.15) is 0 Å². The van der Waals surface area contributed by atoms with Gasteiger partial charge >= 0.3 is 0 Å². The van der Waals surface area contributed by atoms with Crippen LogP contribution in [0.5, 0.6) is 0 Å². The Morgan fingerprint density at radius 3 is 2.61 bits per heavy atom. The van der Waals surface area contributed by atoms with Crippen LogP contribution >= 0.6 is 0 Å². The summed E-state index contributed by atoms with van der Waals surface area (Å²) in [5.74, 6) is 5.76. The molecule has 1 aromatic carbocycles. The van der Waals surface area contributed by atoms with Gasteiger partial charge in [-0.15, -0.1) is 11.8 Å². The topological polar surface area (TPSA) is 12.0 Å². The lowest BCUT2D eigenvalue weighted by atomic mass is 10.0. The van der Waals surface area contributed by atoms with Crippen molar-refractivity contribution in [1.82, 2.24) is 5.32 Å². The zero-order chi connectivity index (χ0) is 13.2. The molecular formula is C16H22FN. The van der Waals surface area contributed by atoms with Crippen molar-refractivity contribution in [2.45, 2.75) is 45.6 Å². The summed E-state index contributed by atoms with van der Waals surface area (Å²) in [6, 6.07) is 7.11. The van der Waals surface area contributed by atoms with Crippen molar-refractivity contribution in [3.05, 3.63) is 35.6 Å². The lowest BCUT2D eigenvalue weighted by Crippen LogP contribution is -2.22. The molecule has 0 bridgehead atoms. The zero-order valence-electron chi connectivity index (χ0n) is 11.3. The number of hydrogen-bond donors (Lipinski definition) is 1. The fourth-order valence-corrected chi connectivity index (χ4v) is 1.92. The smallest absolute Gasteiger partial charge is 0.123 e. The summed E-state index contributed by atoms with van der Waals surface area (Å²) in [4.78, 5) is 0. The van der Waals surface area contributed by atoms with Crippen molar-refractivity contribution in [2.75, 3.05) is 6.54 Å². The van der Waals surface area contributed by atoms with Gasteiger partial charge in [0.25, 0.3) is 0 Å².